The first-order valence-electron chi connectivity index (χ1n) is 12.0. The highest BCUT2D eigenvalue weighted by Crippen LogP contribution is 2.33. The first kappa shape index (κ1) is 25.4. The van der Waals surface area contributed by atoms with E-state index in [-0.39, 0.29) is 0 Å². The Morgan fingerprint density at radius 2 is 1.17 bits per heavy atom. The molecule has 1 atom stereocenters. The van der Waals surface area contributed by atoms with Gasteiger partial charge in [0.25, 0.3) is 0 Å². The molecule has 0 saturated heterocycles. The molecule has 0 aliphatic rings. The van der Waals surface area contributed by atoms with E-state index < -0.39 is 24.2 Å². The lowest BCUT2D eigenvalue weighted by Gasteiger charge is -2.35. The Labute approximate surface area is 190 Å². The zero-order valence-electron chi connectivity index (χ0n) is 21.2. The van der Waals surface area contributed by atoms with Crippen molar-refractivity contribution in [3.05, 3.63) is 54.6 Å². The Morgan fingerprint density at radius 1 is 0.633 bits per heavy atom. The molecule has 2 aromatic rings. The summed E-state index contributed by atoms with van der Waals surface area (Å²) < 4.78 is 0. The van der Waals surface area contributed by atoms with Crippen LogP contribution in [0.25, 0.3) is 0 Å². The number of hydrogen-bond donors (Lipinski definition) is 0. The molecule has 2 rings (SSSR count). The van der Waals surface area contributed by atoms with Crippen molar-refractivity contribution in [3.8, 4) is 0 Å². The molecule has 0 bridgehead atoms. The molecule has 166 valence electrons. The summed E-state index contributed by atoms with van der Waals surface area (Å²) in [6.07, 6.45) is 2.63. The number of rotatable bonds is 10. The van der Waals surface area contributed by atoms with Crippen LogP contribution in [0.1, 0.15) is 33.6 Å². The van der Waals surface area contributed by atoms with Gasteiger partial charge >= 0.3 is 0 Å². The van der Waals surface area contributed by atoms with E-state index in [4.69, 9.17) is 0 Å². The minimum absolute atomic E-state index is 0.461. The molecule has 2 aromatic carbocycles. The summed E-state index contributed by atoms with van der Waals surface area (Å²) in [6.45, 7) is 22.4. The van der Waals surface area contributed by atoms with Crippen molar-refractivity contribution in [1.29, 1.82) is 0 Å². The molecule has 0 heterocycles. The largest absolute Gasteiger partial charge is 0.0834 e. The lowest BCUT2D eigenvalue weighted by molar-refractivity contribution is 0.336. The highest BCUT2D eigenvalue weighted by atomic mass is 28.3. The van der Waals surface area contributed by atoms with Crippen molar-refractivity contribution in [1.82, 2.24) is 0 Å². The average molecular weight is 455 g/mol. The van der Waals surface area contributed by atoms with E-state index in [2.05, 4.69) is 115 Å². The van der Waals surface area contributed by atoms with Crippen molar-refractivity contribution in [2.45, 2.75) is 91.0 Å². The van der Waals surface area contributed by atoms with Crippen molar-refractivity contribution in [3.63, 3.8) is 0 Å². The molecule has 0 aromatic heterocycles. The van der Waals surface area contributed by atoms with Crippen LogP contribution in [0.2, 0.25) is 57.4 Å². The van der Waals surface area contributed by atoms with Gasteiger partial charge in [0.05, 0.1) is 24.2 Å². The first-order valence-corrected chi connectivity index (χ1v) is 21.6. The highest BCUT2D eigenvalue weighted by molar-refractivity contribution is 6.95. The molecule has 30 heavy (non-hydrogen) atoms. The van der Waals surface area contributed by atoms with Gasteiger partial charge in [-0.2, -0.15) is 0 Å². The Kier molecular flexibility index (Phi) is 8.20. The Balaban J connectivity index is 2.21. The third-order valence-electron chi connectivity index (χ3n) is 7.62. The second-order valence-corrected chi connectivity index (χ2v) is 26.8. The molecule has 0 amide bonds. The highest BCUT2D eigenvalue weighted by Gasteiger charge is 2.34. The van der Waals surface area contributed by atoms with Crippen LogP contribution in [0.5, 0.6) is 0 Å². The van der Waals surface area contributed by atoms with Gasteiger partial charge in [0.1, 0.15) is 0 Å². The second kappa shape index (κ2) is 9.70. The van der Waals surface area contributed by atoms with Gasteiger partial charge in [0.2, 0.25) is 0 Å². The molecule has 0 radical (unpaired) electrons. The summed E-state index contributed by atoms with van der Waals surface area (Å²) in [4.78, 5) is 0. The molecule has 0 fully saturated rings. The zero-order chi connectivity index (χ0) is 22.6. The fourth-order valence-corrected chi connectivity index (χ4v) is 14.5. The SMILES string of the molecule is CCC(C)(C)CC[Si](C)(CC[Si](C)(C)c1ccc([Si](C)(C)C)cc1)c1ccccc1. The van der Waals surface area contributed by atoms with Gasteiger partial charge < -0.3 is 0 Å². The summed E-state index contributed by atoms with van der Waals surface area (Å²) in [5, 5.41) is 4.89. The van der Waals surface area contributed by atoms with Gasteiger partial charge in [0, 0.05) is 0 Å². The Hall–Kier alpha value is -0.909. The van der Waals surface area contributed by atoms with Crippen molar-refractivity contribution in [2.24, 2.45) is 5.41 Å². The van der Waals surface area contributed by atoms with Crippen LogP contribution in [0, 0.1) is 5.41 Å². The molecular formula is C27H46Si3. The fourth-order valence-electron chi connectivity index (χ4n) is 4.20. The van der Waals surface area contributed by atoms with Crippen LogP contribution in [0.3, 0.4) is 0 Å². The number of hydrogen-bond acceptors (Lipinski definition) is 0. The molecular weight excluding hydrogens is 409 g/mol. The van der Waals surface area contributed by atoms with E-state index in [1.165, 1.54) is 31.0 Å². The minimum atomic E-state index is -1.49. The van der Waals surface area contributed by atoms with Crippen LogP contribution in [0.15, 0.2) is 54.6 Å². The average Bonchev–Trinajstić information content (AvgIpc) is 2.71. The third kappa shape index (κ3) is 6.80. The van der Waals surface area contributed by atoms with Crippen molar-refractivity contribution in [2.75, 3.05) is 0 Å². The molecule has 0 aliphatic carbocycles. The molecule has 3 heteroatoms. The summed E-state index contributed by atoms with van der Waals surface area (Å²) in [6, 6.07) is 25.6. The standard InChI is InChI=1S/C27H46Si3/c1-10-27(2,3)20-21-30(9,26-14-12-11-13-15-26)23-22-29(7,8)25-18-16-24(17-19-25)28(4,5)6/h11-19H,10,20-23H2,1-9H3. The Morgan fingerprint density at radius 3 is 1.67 bits per heavy atom. The predicted molar refractivity (Wildman–Crippen MR) is 147 cm³/mol. The molecule has 0 nitrogen and oxygen atoms in total. The maximum absolute atomic E-state index is 2.66. The van der Waals surface area contributed by atoms with Crippen LogP contribution < -0.4 is 15.6 Å². The van der Waals surface area contributed by atoms with Crippen LogP contribution >= 0.6 is 0 Å². The fraction of sp³-hybridized carbons (Fsp3) is 0.556. The Bertz CT molecular complexity index is 785. The monoisotopic (exact) mass is 454 g/mol. The molecule has 0 aliphatic heterocycles. The van der Waals surface area contributed by atoms with Crippen molar-refractivity contribution >= 4 is 39.8 Å². The van der Waals surface area contributed by atoms with Crippen molar-refractivity contribution < 1.29 is 0 Å². The minimum Gasteiger partial charge on any atom is -0.0656 e. The smallest absolute Gasteiger partial charge is 0.0656 e. The topological polar surface area (TPSA) is 0 Å². The van der Waals surface area contributed by atoms with Gasteiger partial charge in [-0.25, -0.2) is 0 Å². The molecule has 1 unspecified atom stereocenters. The molecule has 0 saturated carbocycles. The van der Waals surface area contributed by atoms with Gasteiger partial charge in [-0.3, -0.25) is 0 Å². The summed E-state index contributed by atoms with van der Waals surface area (Å²) in [5.41, 5.74) is 0.461. The van der Waals surface area contributed by atoms with Gasteiger partial charge in [0.15, 0.2) is 0 Å². The van der Waals surface area contributed by atoms with E-state index in [0.717, 1.165) is 0 Å². The molecule has 0 N–H and O–H groups in total. The van der Waals surface area contributed by atoms with Crippen LogP contribution in [-0.2, 0) is 0 Å². The van der Waals surface area contributed by atoms with Gasteiger partial charge in [-0.1, -0.05) is 161 Å². The quantitative estimate of drug-likeness (QED) is 0.340. The van der Waals surface area contributed by atoms with Crippen LogP contribution in [0.4, 0.5) is 0 Å². The number of benzene rings is 2. The van der Waals surface area contributed by atoms with Gasteiger partial charge in [-0.15, -0.1) is 0 Å². The zero-order valence-corrected chi connectivity index (χ0v) is 24.2. The van der Waals surface area contributed by atoms with Crippen LogP contribution in [-0.4, -0.2) is 24.2 Å². The maximum atomic E-state index is 2.66. The summed E-state index contributed by atoms with van der Waals surface area (Å²) in [7, 11) is -4.15. The maximum Gasteiger partial charge on any atom is 0.0834 e. The van der Waals surface area contributed by atoms with E-state index >= 15 is 0 Å². The first-order chi connectivity index (χ1) is 13.8. The van der Waals surface area contributed by atoms with E-state index in [1.54, 1.807) is 15.6 Å². The lowest BCUT2D eigenvalue weighted by atomic mass is 9.87. The van der Waals surface area contributed by atoms with Gasteiger partial charge in [-0.05, 0) is 5.41 Å². The second-order valence-electron chi connectivity index (χ2n) is 12.2. The predicted octanol–water partition coefficient (Wildman–Crippen LogP) is 6.96. The van der Waals surface area contributed by atoms with E-state index in [1.807, 2.05) is 0 Å². The third-order valence-corrected chi connectivity index (χ3v) is 18.0. The molecule has 0 spiro atoms. The summed E-state index contributed by atoms with van der Waals surface area (Å²) >= 11 is 0. The lowest BCUT2D eigenvalue weighted by Crippen LogP contribution is -2.49. The summed E-state index contributed by atoms with van der Waals surface area (Å²) in [5.74, 6) is 0. The van der Waals surface area contributed by atoms with E-state index in [9.17, 15) is 0 Å². The normalized spacial score (nSPS) is 15.1. The van der Waals surface area contributed by atoms with E-state index in [0.29, 0.717) is 5.41 Å².